The predicted octanol–water partition coefficient (Wildman–Crippen LogP) is 3.25. The third kappa shape index (κ3) is 2.49. The van der Waals surface area contributed by atoms with Gasteiger partial charge in [-0.2, -0.15) is 0 Å². The molecule has 5 aromatic rings. The molecule has 5 rings (SSSR count). The quantitative estimate of drug-likeness (QED) is 0.447. The summed E-state index contributed by atoms with van der Waals surface area (Å²) in [5.41, 5.74) is 4.91. The van der Waals surface area contributed by atoms with Gasteiger partial charge in [-0.15, -0.1) is 0 Å². The van der Waals surface area contributed by atoms with Crippen LogP contribution < -0.4 is 19.8 Å². The largest absolute Gasteiger partial charge is 0.493 e. The summed E-state index contributed by atoms with van der Waals surface area (Å²) in [4.78, 5) is 29.6. The van der Waals surface area contributed by atoms with Crippen LogP contribution in [0.1, 0.15) is 16.7 Å². The summed E-state index contributed by atoms with van der Waals surface area (Å²) in [5, 5.41) is 0. The summed E-state index contributed by atoms with van der Waals surface area (Å²) in [6.07, 6.45) is 1.79. The summed E-state index contributed by atoms with van der Waals surface area (Å²) in [6, 6.07) is 7.63. The molecular formula is C20H14N2O4S2. The number of nitrogens with zero attached hydrogens (tertiary/aromatic N) is 2. The van der Waals surface area contributed by atoms with Crippen LogP contribution in [0.4, 0.5) is 0 Å². The molecule has 0 radical (unpaired) electrons. The van der Waals surface area contributed by atoms with Gasteiger partial charge in [0.15, 0.2) is 16.3 Å². The fourth-order valence-electron chi connectivity index (χ4n) is 3.46. The molecule has 0 aliphatic carbocycles. The van der Waals surface area contributed by atoms with Crippen molar-refractivity contribution in [2.75, 3.05) is 7.11 Å². The zero-order chi connectivity index (χ0) is 19.6. The molecule has 8 heteroatoms. The third-order valence-electron chi connectivity index (χ3n) is 4.62. The van der Waals surface area contributed by atoms with Gasteiger partial charge >= 0.3 is 4.94 Å². The maximum Gasteiger partial charge on any atom is 0.396 e. The molecule has 0 aliphatic rings. The van der Waals surface area contributed by atoms with Gasteiger partial charge < -0.3 is 9.15 Å². The van der Waals surface area contributed by atoms with Gasteiger partial charge in [0.2, 0.25) is 0 Å². The fourth-order valence-corrected chi connectivity index (χ4v) is 5.18. The maximum absolute atomic E-state index is 13.1. The molecule has 2 aromatic carbocycles. The average molecular weight is 410 g/mol. The smallest absolute Gasteiger partial charge is 0.396 e. The standard InChI is InChI=1S/C20H14N2O4S2/c1-9-4-10(2)16-12(5-9)22-18(23)15(27-19(22)21-16)8-11-6-13(25-3)17-14(7-11)28-20(24)26-17/h4-8H,1-3H3/b15-8-. The second-order valence-corrected chi connectivity index (χ2v) is 8.59. The number of hydrogen-bond donors (Lipinski definition) is 0. The molecule has 0 amide bonds. The minimum absolute atomic E-state index is 0.105. The fraction of sp³-hybridized carbons (Fsp3) is 0.150. The van der Waals surface area contributed by atoms with Crippen LogP contribution >= 0.6 is 22.7 Å². The Hall–Kier alpha value is -2.97. The van der Waals surface area contributed by atoms with Crippen LogP contribution in [0.25, 0.3) is 32.4 Å². The summed E-state index contributed by atoms with van der Waals surface area (Å²) in [7, 11) is 1.52. The van der Waals surface area contributed by atoms with Gasteiger partial charge in [0.25, 0.3) is 5.56 Å². The minimum Gasteiger partial charge on any atom is -0.493 e. The van der Waals surface area contributed by atoms with Crippen LogP contribution in [0, 0.1) is 13.8 Å². The van der Waals surface area contributed by atoms with E-state index in [9.17, 15) is 9.59 Å². The minimum atomic E-state index is -0.387. The molecule has 0 aliphatic heterocycles. The van der Waals surface area contributed by atoms with E-state index in [1.54, 1.807) is 16.5 Å². The van der Waals surface area contributed by atoms with Crippen LogP contribution in [-0.4, -0.2) is 16.5 Å². The first-order chi connectivity index (χ1) is 13.4. The van der Waals surface area contributed by atoms with E-state index >= 15 is 0 Å². The third-order valence-corrected chi connectivity index (χ3v) is 6.36. The number of aromatic nitrogens is 2. The summed E-state index contributed by atoms with van der Waals surface area (Å²) in [5.74, 6) is 0.465. The molecule has 6 nitrogen and oxygen atoms in total. The molecule has 0 fully saturated rings. The van der Waals surface area contributed by atoms with Gasteiger partial charge in [-0.25, -0.2) is 14.2 Å². The van der Waals surface area contributed by atoms with E-state index in [0.29, 0.717) is 25.5 Å². The molecule has 140 valence electrons. The van der Waals surface area contributed by atoms with Gasteiger partial charge in [0.1, 0.15) is 0 Å². The molecule has 0 unspecified atom stereocenters. The van der Waals surface area contributed by atoms with E-state index in [0.717, 1.165) is 39.1 Å². The predicted molar refractivity (Wildman–Crippen MR) is 112 cm³/mol. The highest BCUT2D eigenvalue weighted by molar-refractivity contribution is 7.16. The lowest BCUT2D eigenvalue weighted by Gasteiger charge is -2.01. The number of benzene rings is 2. The second kappa shape index (κ2) is 6.02. The molecule has 28 heavy (non-hydrogen) atoms. The molecule has 3 heterocycles. The monoisotopic (exact) mass is 410 g/mol. The Labute approximate surface area is 165 Å². The first kappa shape index (κ1) is 17.2. The first-order valence-electron chi connectivity index (χ1n) is 8.50. The Morgan fingerprint density at radius 1 is 1.14 bits per heavy atom. The van der Waals surface area contributed by atoms with Crippen LogP contribution in [0.5, 0.6) is 5.75 Å². The Morgan fingerprint density at radius 3 is 2.75 bits per heavy atom. The Balaban J connectivity index is 1.79. The van der Waals surface area contributed by atoms with E-state index < -0.39 is 0 Å². The van der Waals surface area contributed by atoms with Crippen molar-refractivity contribution < 1.29 is 9.15 Å². The number of ether oxygens (including phenoxy) is 1. The van der Waals surface area contributed by atoms with Gasteiger partial charge in [0, 0.05) is 0 Å². The number of imidazole rings is 1. The molecule has 0 atom stereocenters. The molecular weight excluding hydrogens is 396 g/mol. The van der Waals surface area contributed by atoms with Crippen molar-refractivity contribution in [3.8, 4) is 5.75 Å². The molecule has 0 bridgehead atoms. The molecule has 0 spiro atoms. The van der Waals surface area contributed by atoms with Crippen molar-refractivity contribution in [1.29, 1.82) is 0 Å². The number of thiazole rings is 1. The lowest BCUT2D eigenvalue weighted by molar-refractivity contribution is 0.408. The Bertz CT molecular complexity index is 1570. The highest BCUT2D eigenvalue weighted by atomic mass is 32.1. The van der Waals surface area contributed by atoms with Gasteiger partial charge in [0.05, 0.1) is 27.4 Å². The second-order valence-electron chi connectivity index (χ2n) is 6.60. The zero-order valence-corrected chi connectivity index (χ0v) is 16.9. The lowest BCUT2D eigenvalue weighted by atomic mass is 10.1. The van der Waals surface area contributed by atoms with E-state index in [2.05, 4.69) is 11.1 Å². The zero-order valence-electron chi connectivity index (χ0n) is 15.2. The summed E-state index contributed by atoms with van der Waals surface area (Å²) < 4.78 is 13.4. The molecule has 0 N–H and O–H groups in total. The average Bonchev–Trinajstić information content (AvgIpc) is 3.27. The molecule has 0 saturated heterocycles. The van der Waals surface area contributed by atoms with Crippen molar-refractivity contribution in [3.63, 3.8) is 0 Å². The summed E-state index contributed by atoms with van der Waals surface area (Å²) in [6.45, 7) is 4.01. The van der Waals surface area contributed by atoms with Gasteiger partial charge in [-0.05, 0) is 54.8 Å². The normalized spacial score (nSPS) is 12.6. The number of fused-ring (bicyclic) bond motifs is 4. The maximum atomic E-state index is 13.1. The highest BCUT2D eigenvalue weighted by Crippen LogP contribution is 2.29. The summed E-state index contributed by atoms with van der Waals surface area (Å²) >= 11 is 2.35. The van der Waals surface area contributed by atoms with E-state index in [-0.39, 0.29) is 10.5 Å². The van der Waals surface area contributed by atoms with E-state index in [4.69, 9.17) is 9.15 Å². The number of aryl methyl sites for hydroxylation is 2. The van der Waals surface area contributed by atoms with E-state index in [1.807, 2.05) is 26.0 Å². The molecule has 0 saturated carbocycles. The van der Waals surface area contributed by atoms with Crippen LogP contribution in [0.3, 0.4) is 0 Å². The molecule has 3 aromatic heterocycles. The van der Waals surface area contributed by atoms with Gasteiger partial charge in [-0.1, -0.05) is 28.7 Å². The first-order valence-corrected chi connectivity index (χ1v) is 10.1. The lowest BCUT2D eigenvalue weighted by Crippen LogP contribution is -2.22. The Kier molecular flexibility index (Phi) is 3.68. The van der Waals surface area contributed by atoms with Crippen LogP contribution in [-0.2, 0) is 0 Å². The number of rotatable bonds is 2. The SMILES string of the molecule is COc1cc(/C=c2\sc3nc4c(C)cc(C)cc4n3c2=O)cc2sc(=O)oc12. The van der Waals surface area contributed by atoms with Crippen molar-refractivity contribution >= 4 is 55.0 Å². The van der Waals surface area contributed by atoms with Crippen molar-refractivity contribution in [2.45, 2.75) is 13.8 Å². The van der Waals surface area contributed by atoms with Crippen LogP contribution in [0.2, 0.25) is 0 Å². The van der Waals surface area contributed by atoms with Crippen LogP contribution in [0.15, 0.2) is 38.3 Å². The van der Waals surface area contributed by atoms with Crippen molar-refractivity contribution in [3.05, 3.63) is 65.6 Å². The topological polar surface area (TPSA) is 73.8 Å². The van der Waals surface area contributed by atoms with E-state index in [1.165, 1.54) is 18.4 Å². The Morgan fingerprint density at radius 2 is 1.96 bits per heavy atom. The van der Waals surface area contributed by atoms with Crippen molar-refractivity contribution in [1.82, 2.24) is 9.38 Å². The van der Waals surface area contributed by atoms with Crippen molar-refractivity contribution in [2.24, 2.45) is 0 Å². The van der Waals surface area contributed by atoms with Gasteiger partial charge in [-0.3, -0.25) is 4.79 Å². The number of hydrogen-bond acceptors (Lipinski definition) is 7. The number of methoxy groups -OCH3 is 1. The highest BCUT2D eigenvalue weighted by Gasteiger charge is 2.14.